The Kier molecular flexibility index (Phi) is 5.16. The van der Waals surface area contributed by atoms with Gasteiger partial charge in [0.2, 0.25) is 5.91 Å². The van der Waals surface area contributed by atoms with E-state index in [0.717, 1.165) is 66.4 Å². The summed E-state index contributed by atoms with van der Waals surface area (Å²) in [6, 6.07) is 12.8. The third-order valence-corrected chi connectivity index (χ3v) is 7.12. The van der Waals surface area contributed by atoms with Gasteiger partial charge < -0.3 is 5.32 Å². The van der Waals surface area contributed by atoms with Crippen molar-refractivity contribution in [2.24, 2.45) is 5.92 Å². The summed E-state index contributed by atoms with van der Waals surface area (Å²) in [5.74, 6) is 2.39. The molecule has 1 aromatic carbocycles. The smallest absolute Gasteiger partial charge is 0.228 e. The number of hydrogen-bond acceptors (Lipinski definition) is 4. The van der Waals surface area contributed by atoms with E-state index in [4.69, 9.17) is 0 Å². The molecular weight excluding hydrogens is 396 g/mol. The molecule has 1 saturated heterocycles. The summed E-state index contributed by atoms with van der Waals surface area (Å²) >= 11 is 0. The van der Waals surface area contributed by atoms with Gasteiger partial charge in [-0.15, -0.1) is 0 Å². The molecule has 0 unspecified atom stereocenters. The maximum Gasteiger partial charge on any atom is 0.228 e. The predicted octanol–water partition coefficient (Wildman–Crippen LogP) is 3.22. The Morgan fingerprint density at radius 2 is 1.90 bits per heavy atom. The molecule has 6 nitrogen and oxygen atoms in total. The molecule has 1 amide bonds. The van der Waals surface area contributed by atoms with Crippen LogP contribution in [0.3, 0.4) is 0 Å². The molecule has 3 heterocycles. The Balaban J connectivity index is 1.38. The number of anilines is 1. The van der Waals surface area contributed by atoms with Gasteiger partial charge in [0.05, 0.1) is 11.9 Å². The number of hydrogen-bond donors (Lipinski definition) is 1. The SMILES string of the molecule is Cc1cc(-c2ccc(CN3CCS(=O)CC3)cc2)n2cc(NC(=O)C3CC3)nc2c1. The predicted molar refractivity (Wildman–Crippen MR) is 120 cm³/mol. The molecule has 5 rings (SSSR count). The van der Waals surface area contributed by atoms with E-state index < -0.39 is 10.8 Å². The lowest BCUT2D eigenvalue weighted by molar-refractivity contribution is -0.117. The minimum atomic E-state index is -0.641. The number of carbonyl (C=O) groups excluding carboxylic acids is 1. The highest BCUT2D eigenvalue weighted by molar-refractivity contribution is 7.85. The van der Waals surface area contributed by atoms with Crippen molar-refractivity contribution in [1.82, 2.24) is 14.3 Å². The molecule has 7 heteroatoms. The standard InChI is InChI=1S/C23H26N4O2S/c1-16-12-20(27-15-21(24-22(27)13-16)25-23(28)19-6-7-19)18-4-2-17(3-5-18)14-26-8-10-30(29)11-9-26/h2-5,12-13,15,19H,6-11,14H2,1H3,(H,25,28). The van der Waals surface area contributed by atoms with Gasteiger partial charge in [-0.1, -0.05) is 24.3 Å². The van der Waals surface area contributed by atoms with Crippen LogP contribution in [0, 0.1) is 12.8 Å². The fourth-order valence-electron chi connectivity index (χ4n) is 3.95. The van der Waals surface area contributed by atoms with Crippen LogP contribution in [0.2, 0.25) is 0 Å². The van der Waals surface area contributed by atoms with Gasteiger partial charge in [-0.25, -0.2) is 4.98 Å². The van der Waals surface area contributed by atoms with Crippen molar-refractivity contribution in [1.29, 1.82) is 0 Å². The van der Waals surface area contributed by atoms with Gasteiger partial charge in [0.1, 0.15) is 5.65 Å². The summed E-state index contributed by atoms with van der Waals surface area (Å²) in [4.78, 5) is 19.1. The Bertz CT molecular complexity index is 1110. The number of fused-ring (bicyclic) bond motifs is 1. The van der Waals surface area contributed by atoms with Crippen LogP contribution in [0.1, 0.15) is 24.0 Å². The van der Waals surface area contributed by atoms with Crippen LogP contribution in [-0.4, -0.2) is 49.0 Å². The minimum Gasteiger partial charge on any atom is -0.309 e. The third-order valence-electron chi connectivity index (χ3n) is 5.84. The Morgan fingerprint density at radius 3 is 2.60 bits per heavy atom. The van der Waals surface area contributed by atoms with E-state index in [1.807, 2.05) is 16.7 Å². The number of aromatic nitrogens is 2. The van der Waals surface area contributed by atoms with Crippen molar-refractivity contribution in [3.05, 3.63) is 53.7 Å². The van der Waals surface area contributed by atoms with Gasteiger partial charge in [0.15, 0.2) is 5.82 Å². The molecule has 1 aliphatic carbocycles. The molecular formula is C23H26N4O2S. The molecule has 30 heavy (non-hydrogen) atoms. The molecule has 0 spiro atoms. The number of carbonyl (C=O) groups is 1. The molecule has 2 fully saturated rings. The van der Waals surface area contributed by atoms with E-state index in [0.29, 0.717) is 5.82 Å². The third kappa shape index (κ3) is 4.18. The summed E-state index contributed by atoms with van der Waals surface area (Å²) in [5.41, 5.74) is 5.41. The lowest BCUT2D eigenvalue weighted by Gasteiger charge is -2.26. The second-order valence-corrected chi connectivity index (χ2v) is 10.1. The lowest BCUT2D eigenvalue weighted by Crippen LogP contribution is -2.37. The number of amides is 1. The lowest BCUT2D eigenvalue weighted by atomic mass is 10.1. The van der Waals surface area contributed by atoms with Crippen molar-refractivity contribution in [2.45, 2.75) is 26.3 Å². The molecule has 156 valence electrons. The molecule has 1 N–H and O–H groups in total. The van der Waals surface area contributed by atoms with Crippen LogP contribution in [0.15, 0.2) is 42.6 Å². The van der Waals surface area contributed by atoms with Gasteiger partial charge >= 0.3 is 0 Å². The zero-order valence-electron chi connectivity index (χ0n) is 17.1. The van der Waals surface area contributed by atoms with E-state index in [1.54, 1.807) is 0 Å². The first-order chi connectivity index (χ1) is 14.5. The molecule has 0 bridgehead atoms. The maximum atomic E-state index is 12.1. The quantitative estimate of drug-likeness (QED) is 0.686. The molecule has 1 saturated carbocycles. The van der Waals surface area contributed by atoms with Crippen molar-refractivity contribution >= 4 is 28.2 Å². The Morgan fingerprint density at radius 1 is 1.17 bits per heavy atom. The number of nitrogens with one attached hydrogen (secondary N) is 1. The topological polar surface area (TPSA) is 66.7 Å². The van der Waals surface area contributed by atoms with Gasteiger partial charge in [-0.05, 0) is 48.6 Å². The fraction of sp³-hybridized carbons (Fsp3) is 0.391. The van der Waals surface area contributed by atoms with E-state index in [1.165, 1.54) is 5.56 Å². The molecule has 1 aliphatic heterocycles. The monoisotopic (exact) mass is 422 g/mol. The van der Waals surface area contributed by atoms with E-state index in [2.05, 4.69) is 52.5 Å². The van der Waals surface area contributed by atoms with Crippen LogP contribution in [0.4, 0.5) is 5.82 Å². The number of nitrogens with zero attached hydrogens (tertiary/aromatic N) is 3. The van der Waals surface area contributed by atoms with Crippen LogP contribution in [0.5, 0.6) is 0 Å². The number of pyridine rings is 1. The fourth-order valence-corrected chi connectivity index (χ4v) is 5.08. The second-order valence-electron chi connectivity index (χ2n) is 8.36. The zero-order chi connectivity index (χ0) is 20.7. The van der Waals surface area contributed by atoms with Crippen LogP contribution in [0.25, 0.3) is 16.9 Å². The minimum absolute atomic E-state index is 0.0718. The van der Waals surface area contributed by atoms with Gasteiger partial charge in [0, 0.05) is 47.9 Å². The second kappa shape index (κ2) is 7.96. The van der Waals surface area contributed by atoms with Crippen LogP contribution in [-0.2, 0) is 22.1 Å². The molecule has 3 aromatic rings. The van der Waals surface area contributed by atoms with Crippen molar-refractivity contribution < 1.29 is 9.00 Å². The molecule has 0 radical (unpaired) electrons. The number of benzene rings is 1. The highest BCUT2D eigenvalue weighted by Gasteiger charge is 2.30. The summed E-state index contributed by atoms with van der Waals surface area (Å²) in [7, 11) is -0.641. The largest absolute Gasteiger partial charge is 0.309 e. The summed E-state index contributed by atoms with van der Waals surface area (Å²) in [6.45, 7) is 4.76. The number of imidazole rings is 1. The van der Waals surface area contributed by atoms with Gasteiger partial charge in [-0.3, -0.25) is 18.3 Å². The highest BCUT2D eigenvalue weighted by atomic mass is 32.2. The first-order valence-electron chi connectivity index (χ1n) is 10.5. The maximum absolute atomic E-state index is 12.1. The van der Waals surface area contributed by atoms with E-state index in [9.17, 15) is 9.00 Å². The average Bonchev–Trinajstić information content (AvgIpc) is 3.51. The molecule has 2 aromatic heterocycles. The summed E-state index contributed by atoms with van der Waals surface area (Å²) < 4.78 is 13.6. The van der Waals surface area contributed by atoms with E-state index >= 15 is 0 Å². The van der Waals surface area contributed by atoms with Gasteiger partial charge in [0.25, 0.3) is 0 Å². The highest BCUT2D eigenvalue weighted by Crippen LogP contribution is 2.30. The average molecular weight is 423 g/mol. The first-order valence-corrected chi connectivity index (χ1v) is 12.0. The Labute approximate surface area is 178 Å². The summed E-state index contributed by atoms with van der Waals surface area (Å²) in [5, 5.41) is 2.95. The normalized spacial score (nSPS) is 18.0. The van der Waals surface area contributed by atoms with Crippen molar-refractivity contribution in [3.8, 4) is 11.3 Å². The van der Waals surface area contributed by atoms with Crippen molar-refractivity contribution in [3.63, 3.8) is 0 Å². The number of rotatable bonds is 5. The number of aryl methyl sites for hydroxylation is 1. The summed E-state index contributed by atoms with van der Waals surface area (Å²) in [6.07, 6.45) is 3.86. The van der Waals surface area contributed by atoms with Crippen LogP contribution < -0.4 is 5.32 Å². The molecule has 2 aliphatic rings. The van der Waals surface area contributed by atoms with E-state index in [-0.39, 0.29) is 11.8 Å². The first kappa shape index (κ1) is 19.5. The Hall–Kier alpha value is -2.51. The van der Waals surface area contributed by atoms with Crippen molar-refractivity contribution in [2.75, 3.05) is 29.9 Å². The van der Waals surface area contributed by atoms with Gasteiger partial charge in [-0.2, -0.15) is 0 Å². The molecule has 0 atom stereocenters. The zero-order valence-corrected chi connectivity index (χ0v) is 18.0. The van der Waals surface area contributed by atoms with Crippen LogP contribution >= 0.6 is 0 Å².